The van der Waals surface area contributed by atoms with Crippen molar-refractivity contribution >= 4 is 5.97 Å². The van der Waals surface area contributed by atoms with E-state index in [0.717, 1.165) is 18.4 Å². The molecule has 2 aliphatic rings. The van der Waals surface area contributed by atoms with Crippen LogP contribution in [0.1, 0.15) is 38.2 Å². The van der Waals surface area contributed by atoms with Crippen LogP contribution in [0, 0.1) is 10.1 Å². The minimum Gasteiger partial charge on any atom is -0.464 e. The van der Waals surface area contributed by atoms with Crippen molar-refractivity contribution in [2.24, 2.45) is 0 Å². The lowest BCUT2D eigenvalue weighted by Gasteiger charge is -2.32. The SMILES string of the molecule is CCOC(=O)[C@@]1(C)[C@H]([N+](=O)[O-])[C@@H](c2ccccc2)[C@@H]2CCCN21. The zero-order valence-electron chi connectivity index (χ0n) is 13.5. The third-order valence-electron chi connectivity index (χ3n) is 5.33. The summed E-state index contributed by atoms with van der Waals surface area (Å²) in [6, 6.07) is 8.56. The number of hydrogen-bond donors (Lipinski definition) is 0. The fourth-order valence-electron chi connectivity index (χ4n) is 4.40. The molecule has 0 N–H and O–H groups in total. The van der Waals surface area contributed by atoms with E-state index in [0.29, 0.717) is 6.54 Å². The second kappa shape index (κ2) is 5.92. The molecule has 0 amide bonds. The summed E-state index contributed by atoms with van der Waals surface area (Å²) < 4.78 is 5.22. The van der Waals surface area contributed by atoms with Crippen LogP contribution in [0.5, 0.6) is 0 Å². The highest BCUT2D eigenvalue weighted by Crippen LogP contribution is 2.50. The average Bonchev–Trinajstić information content (AvgIpc) is 3.10. The van der Waals surface area contributed by atoms with Gasteiger partial charge in [-0.2, -0.15) is 0 Å². The number of ether oxygens (including phenoxy) is 1. The van der Waals surface area contributed by atoms with Crippen LogP contribution in [0.3, 0.4) is 0 Å². The van der Waals surface area contributed by atoms with Crippen LogP contribution in [0.2, 0.25) is 0 Å². The van der Waals surface area contributed by atoms with E-state index in [4.69, 9.17) is 4.74 Å². The summed E-state index contributed by atoms with van der Waals surface area (Å²) in [5.74, 6) is -0.768. The summed E-state index contributed by atoms with van der Waals surface area (Å²) >= 11 is 0. The van der Waals surface area contributed by atoms with E-state index in [1.54, 1.807) is 13.8 Å². The third kappa shape index (κ3) is 2.32. The molecular weight excluding hydrogens is 296 g/mol. The quantitative estimate of drug-likeness (QED) is 0.483. The van der Waals surface area contributed by atoms with Gasteiger partial charge in [0.1, 0.15) is 0 Å². The topological polar surface area (TPSA) is 72.7 Å². The highest BCUT2D eigenvalue weighted by molar-refractivity contribution is 5.82. The summed E-state index contributed by atoms with van der Waals surface area (Å²) in [6.45, 7) is 4.34. The van der Waals surface area contributed by atoms with E-state index in [1.165, 1.54) is 0 Å². The fraction of sp³-hybridized carbons (Fsp3) is 0.588. The molecule has 4 atom stereocenters. The molecule has 0 radical (unpaired) electrons. The van der Waals surface area contributed by atoms with Crippen LogP contribution in [0.15, 0.2) is 30.3 Å². The van der Waals surface area contributed by atoms with E-state index in [9.17, 15) is 14.9 Å². The molecule has 2 heterocycles. The number of fused-ring (bicyclic) bond motifs is 1. The first kappa shape index (κ1) is 15.9. The Labute approximate surface area is 135 Å². The molecule has 6 nitrogen and oxygen atoms in total. The Morgan fingerprint density at radius 3 is 2.74 bits per heavy atom. The maximum atomic E-state index is 12.6. The largest absolute Gasteiger partial charge is 0.464 e. The lowest BCUT2D eigenvalue weighted by Crippen LogP contribution is -2.57. The normalized spacial score (nSPS) is 33.4. The maximum absolute atomic E-state index is 12.6. The maximum Gasteiger partial charge on any atom is 0.333 e. The van der Waals surface area contributed by atoms with Gasteiger partial charge in [0.25, 0.3) is 0 Å². The molecule has 6 heteroatoms. The Bertz CT molecular complexity index is 606. The molecule has 0 spiro atoms. The summed E-state index contributed by atoms with van der Waals surface area (Å²) in [6.07, 6.45) is 1.83. The predicted octanol–water partition coefficient (Wildman–Crippen LogP) is 2.22. The van der Waals surface area contributed by atoms with Gasteiger partial charge in [0.05, 0.1) is 12.5 Å². The fourth-order valence-corrected chi connectivity index (χ4v) is 4.40. The van der Waals surface area contributed by atoms with Gasteiger partial charge in [-0.05, 0) is 38.8 Å². The van der Waals surface area contributed by atoms with Crippen LogP contribution >= 0.6 is 0 Å². The first-order chi connectivity index (χ1) is 11.0. The first-order valence-electron chi connectivity index (χ1n) is 8.14. The van der Waals surface area contributed by atoms with E-state index in [-0.39, 0.29) is 23.5 Å². The molecule has 23 heavy (non-hydrogen) atoms. The molecule has 1 aromatic rings. The van der Waals surface area contributed by atoms with Gasteiger partial charge in [0.2, 0.25) is 6.04 Å². The Morgan fingerprint density at radius 1 is 1.43 bits per heavy atom. The number of carbonyl (C=O) groups is 1. The monoisotopic (exact) mass is 318 g/mol. The Hall–Kier alpha value is -1.95. The summed E-state index contributed by atoms with van der Waals surface area (Å²) in [7, 11) is 0. The predicted molar refractivity (Wildman–Crippen MR) is 84.7 cm³/mol. The zero-order valence-corrected chi connectivity index (χ0v) is 13.5. The van der Waals surface area contributed by atoms with Gasteiger partial charge in [-0.1, -0.05) is 30.3 Å². The van der Waals surface area contributed by atoms with Crippen molar-refractivity contribution < 1.29 is 14.5 Å². The summed E-state index contributed by atoms with van der Waals surface area (Å²) in [4.78, 5) is 26.3. The highest BCUT2D eigenvalue weighted by atomic mass is 16.6. The van der Waals surface area contributed by atoms with Crippen LogP contribution in [0.25, 0.3) is 0 Å². The Balaban J connectivity index is 2.10. The number of esters is 1. The standard InChI is InChI=1S/C17H22N2O4/c1-3-23-16(20)17(2)15(19(21)22)14(12-8-5-4-6-9-12)13-10-7-11-18(13)17/h4-6,8-9,13-15H,3,7,10-11H2,1-2H3/t13-,14-,15+,17+/m0/s1. The number of rotatable bonds is 4. The second-order valence-corrected chi connectivity index (χ2v) is 6.44. The lowest BCUT2D eigenvalue weighted by atomic mass is 9.81. The van der Waals surface area contributed by atoms with Gasteiger partial charge in [-0.15, -0.1) is 0 Å². The van der Waals surface area contributed by atoms with Crippen molar-refractivity contribution in [3.05, 3.63) is 46.0 Å². The van der Waals surface area contributed by atoms with E-state index >= 15 is 0 Å². The highest BCUT2D eigenvalue weighted by Gasteiger charge is 2.68. The molecule has 2 saturated heterocycles. The van der Waals surface area contributed by atoms with E-state index < -0.39 is 17.6 Å². The van der Waals surface area contributed by atoms with Crippen molar-refractivity contribution in [2.45, 2.75) is 50.2 Å². The smallest absolute Gasteiger partial charge is 0.333 e. The van der Waals surface area contributed by atoms with Gasteiger partial charge in [0.15, 0.2) is 5.54 Å². The van der Waals surface area contributed by atoms with Crippen LogP contribution in [-0.2, 0) is 9.53 Å². The van der Waals surface area contributed by atoms with Gasteiger partial charge in [-0.25, -0.2) is 4.79 Å². The number of nitrogens with zero attached hydrogens (tertiary/aromatic N) is 2. The van der Waals surface area contributed by atoms with Crippen molar-refractivity contribution in [2.75, 3.05) is 13.2 Å². The Morgan fingerprint density at radius 2 is 2.13 bits per heavy atom. The summed E-state index contributed by atoms with van der Waals surface area (Å²) in [5, 5.41) is 11.9. The van der Waals surface area contributed by atoms with Gasteiger partial charge < -0.3 is 4.74 Å². The molecule has 0 bridgehead atoms. The summed E-state index contributed by atoms with van der Waals surface area (Å²) in [5.41, 5.74) is -0.277. The van der Waals surface area contributed by atoms with E-state index in [2.05, 4.69) is 0 Å². The molecular formula is C17H22N2O4. The van der Waals surface area contributed by atoms with Crippen LogP contribution in [-0.4, -0.2) is 46.6 Å². The molecule has 0 unspecified atom stereocenters. The van der Waals surface area contributed by atoms with Gasteiger partial charge >= 0.3 is 5.97 Å². The molecule has 0 aromatic heterocycles. The molecule has 2 fully saturated rings. The van der Waals surface area contributed by atoms with Crippen LogP contribution < -0.4 is 0 Å². The Kier molecular flexibility index (Phi) is 4.10. The second-order valence-electron chi connectivity index (χ2n) is 6.44. The number of nitro groups is 1. The minimum atomic E-state index is -1.21. The zero-order chi connectivity index (χ0) is 16.6. The molecule has 0 aliphatic carbocycles. The lowest BCUT2D eigenvalue weighted by molar-refractivity contribution is -0.533. The number of hydrogen-bond acceptors (Lipinski definition) is 5. The minimum absolute atomic E-state index is 0.0159. The number of carbonyl (C=O) groups excluding carboxylic acids is 1. The molecule has 124 valence electrons. The first-order valence-corrected chi connectivity index (χ1v) is 8.14. The molecule has 0 saturated carbocycles. The van der Waals surface area contributed by atoms with Gasteiger partial charge in [0, 0.05) is 11.0 Å². The average molecular weight is 318 g/mol. The van der Waals surface area contributed by atoms with E-state index in [1.807, 2.05) is 35.2 Å². The molecule has 2 aliphatic heterocycles. The van der Waals surface area contributed by atoms with Crippen molar-refractivity contribution in [1.29, 1.82) is 0 Å². The van der Waals surface area contributed by atoms with Crippen molar-refractivity contribution in [3.63, 3.8) is 0 Å². The molecule has 1 aromatic carbocycles. The number of benzene rings is 1. The molecule has 3 rings (SSSR count). The van der Waals surface area contributed by atoms with Crippen LogP contribution in [0.4, 0.5) is 0 Å². The van der Waals surface area contributed by atoms with Crippen molar-refractivity contribution in [1.82, 2.24) is 4.90 Å². The van der Waals surface area contributed by atoms with Crippen molar-refractivity contribution in [3.8, 4) is 0 Å². The third-order valence-corrected chi connectivity index (χ3v) is 5.33. The van der Waals surface area contributed by atoms with Gasteiger partial charge in [-0.3, -0.25) is 15.0 Å².